The van der Waals surface area contributed by atoms with Gasteiger partial charge in [0, 0.05) is 35.6 Å². The number of imidazole rings is 1. The fraction of sp³-hybridized carbons (Fsp3) is 0.227. The van der Waals surface area contributed by atoms with Crippen LogP contribution in [0, 0.1) is 0 Å². The Kier molecular flexibility index (Phi) is 4.97. The molecular formula is C22H17F3N2O3S. The van der Waals surface area contributed by atoms with Gasteiger partial charge in [0.2, 0.25) is 0 Å². The summed E-state index contributed by atoms with van der Waals surface area (Å²) in [6.45, 7) is 1.01. The summed E-state index contributed by atoms with van der Waals surface area (Å²) in [4.78, 5) is 4.44. The van der Waals surface area contributed by atoms with E-state index in [-0.39, 0.29) is 12.2 Å². The zero-order chi connectivity index (χ0) is 21.4. The van der Waals surface area contributed by atoms with Gasteiger partial charge in [-0.25, -0.2) is 4.98 Å². The molecule has 0 N–H and O–H groups in total. The Morgan fingerprint density at radius 3 is 2.65 bits per heavy atom. The molecule has 0 bridgehead atoms. The molecule has 2 aromatic carbocycles. The highest BCUT2D eigenvalue weighted by molar-refractivity contribution is 7.12. The van der Waals surface area contributed by atoms with Crippen LogP contribution in [0.3, 0.4) is 0 Å². The zero-order valence-corrected chi connectivity index (χ0v) is 17.0. The van der Waals surface area contributed by atoms with Gasteiger partial charge in [-0.05, 0) is 6.07 Å². The van der Waals surface area contributed by atoms with E-state index in [0.717, 1.165) is 28.5 Å². The van der Waals surface area contributed by atoms with Crippen LogP contribution >= 0.6 is 11.3 Å². The monoisotopic (exact) mass is 446 g/mol. The van der Waals surface area contributed by atoms with Crippen LogP contribution in [0.15, 0.2) is 54.2 Å². The second-order valence-corrected chi connectivity index (χ2v) is 7.91. The Hall–Kier alpha value is -3.20. The molecule has 0 fully saturated rings. The average molecular weight is 446 g/mol. The maximum atomic E-state index is 13.2. The van der Waals surface area contributed by atoms with Gasteiger partial charge in [0.05, 0.1) is 29.8 Å². The van der Waals surface area contributed by atoms with E-state index in [9.17, 15) is 13.2 Å². The molecule has 0 amide bonds. The van der Waals surface area contributed by atoms with Crippen LogP contribution in [0.4, 0.5) is 13.2 Å². The number of ether oxygens (including phenoxy) is 3. The molecule has 0 unspecified atom stereocenters. The normalized spacial score (nSPS) is 13.9. The minimum atomic E-state index is -4.42. The fourth-order valence-electron chi connectivity index (χ4n) is 3.44. The molecule has 0 spiro atoms. The molecule has 4 aromatic rings. The Morgan fingerprint density at radius 2 is 1.84 bits per heavy atom. The quantitative estimate of drug-likeness (QED) is 0.395. The minimum Gasteiger partial charge on any atom is -0.489 e. The lowest BCUT2D eigenvalue weighted by Crippen LogP contribution is -2.10. The summed E-state index contributed by atoms with van der Waals surface area (Å²) in [7, 11) is 0. The first kappa shape index (κ1) is 19.7. The van der Waals surface area contributed by atoms with Crippen molar-refractivity contribution in [2.24, 2.45) is 0 Å². The number of hydrogen-bond acceptors (Lipinski definition) is 5. The zero-order valence-electron chi connectivity index (χ0n) is 16.2. The predicted octanol–water partition coefficient (Wildman–Crippen LogP) is 5.85. The van der Waals surface area contributed by atoms with E-state index < -0.39 is 11.7 Å². The number of benzene rings is 2. The van der Waals surface area contributed by atoms with Gasteiger partial charge in [-0.2, -0.15) is 13.2 Å². The molecule has 9 heteroatoms. The molecule has 5 rings (SSSR count). The van der Waals surface area contributed by atoms with Crippen molar-refractivity contribution in [3.63, 3.8) is 0 Å². The second-order valence-electron chi connectivity index (χ2n) is 7.02. The third-order valence-electron chi connectivity index (χ3n) is 4.93. The van der Waals surface area contributed by atoms with Gasteiger partial charge < -0.3 is 14.2 Å². The van der Waals surface area contributed by atoms with Gasteiger partial charge in [0.15, 0.2) is 11.5 Å². The third-order valence-corrected chi connectivity index (χ3v) is 5.84. The van der Waals surface area contributed by atoms with Gasteiger partial charge in [0.25, 0.3) is 0 Å². The van der Waals surface area contributed by atoms with Crippen LogP contribution in [-0.4, -0.2) is 22.8 Å². The molecule has 2 aromatic heterocycles. The van der Waals surface area contributed by atoms with Crippen molar-refractivity contribution in [1.82, 2.24) is 9.55 Å². The summed E-state index contributed by atoms with van der Waals surface area (Å²) in [5, 5.41) is 2.59. The fourth-order valence-corrected chi connectivity index (χ4v) is 4.25. The van der Waals surface area contributed by atoms with E-state index in [1.165, 1.54) is 23.5 Å². The first-order valence-corrected chi connectivity index (χ1v) is 10.5. The van der Waals surface area contributed by atoms with Crippen LogP contribution in [0.5, 0.6) is 17.2 Å². The van der Waals surface area contributed by atoms with Crippen molar-refractivity contribution >= 4 is 22.4 Å². The molecule has 5 nitrogen and oxygen atoms in total. The number of aromatic nitrogens is 2. The molecule has 0 aliphatic carbocycles. The van der Waals surface area contributed by atoms with Crippen LogP contribution < -0.4 is 14.2 Å². The summed E-state index contributed by atoms with van der Waals surface area (Å²) in [5.74, 6) is 1.84. The van der Waals surface area contributed by atoms with E-state index in [1.807, 2.05) is 16.7 Å². The lowest BCUT2D eigenvalue weighted by molar-refractivity contribution is -0.138. The van der Waals surface area contributed by atoms with E-state index in [2.05, 4.69) is 4.98 Å². The van der Waals surface area contributed by atoms with Crippen molar-refractivity contribution in [1.29, 1.82) is 0 Å². The van der Waals surface area contributed by atoms with Gasteiger partial charge >= 0.3 is 6.18 Å². The highest BCUT2D eigenvalue weighted by Gasteiger charge is 2.33. The molecule has 1 aliphatic heterocycles. The maximum Gasteiger partial charge on any atom is 0.416 e. The number of fused-ring (bicyclic) bond motifs is 2. The Labute approximate surface area is 179 Å². The minimum absolute atomic E-state index is 0.0932. The van der Waals surface area contributed by atoms with Gasteiger partial charge in [-0.15, -0.1) is 11.3 Å². The van der Waals surface area contributed by atoms with E-state index >= 15 is 0 Å². The van der Waals surface area contributed by atoms with Crippen LogP contribution in [0.1, 0.15) is 17.5 Å². The lowest BCUT2D eigenvalue weighted by Gasteiger charge is -2.12. The number of rotatable bonds is 4. The summed E-state index contributed by atoms with van der Waals surface area (Å²) < 4.78 is 58.6. The van der Waals surface area contributed by atoms with Crippen LogP contribution in [0.2, 0.25) is 0 Å². The Balaban J connectivity index is 1.39. The molecule has 0 radical (unpaired) electrons. The smallest absolute Gasteiger partial charge is 0.416 e. The molecule has 160 valence electrons. The van der Waals surface area contributed by atoms with Crippen molar-refractivity contribution in [2.45, 2.75) is 19.2 Å². The molecule has 0 saturated carbocycles. The predicted molar refractivity (Wildman–Crippen MR) is 110 cm³/mol. The average Bonchev–Trinajstić information content (AvgIpc) is 3.31. The van der Waals surface area contributed by atoms with E-state index in [1.54, 1.807) is 23.8 Å². The summed E-state index contributed by atoms with van der Waals surface area (Å²) in [6.07, 6.45) is -1.91. The van der Waals surface area contributed by atoms with E-state index in [0.29, 0.717) is 30.5 Å². The highest BCUT2D eigenvalue weighted by Crippen LogP contribution is 2.36. The maximum absolute atomic E-state index is 13.2. The Morgan fingerprint density at radius 1 is 1.06 bits per heavy atom. The number of thiophene rings is 1. The largest absolute Gasteiger partial charge is 0.489 e. The summed E-state index contributed by atoms with van der Waals surface area (Å²) in [6, 6.07) is 10.9. The van der Waals surface area contributed by atoms with Crippen LogP contribution in [-0.2, 0) is 12.8 Å². The summed E-state index contributed by atoms with van der Waals surface area (Å²) in [5.41, 5.74) is 1.02. The molecule has 31 heavy (non-hydrogen) atoms. The third kappa shape index (κ3) is 3.93. The van der Waals surface area contributed by atoms with E-state index in [4.69, 9.17) is 14.2 Å². The molecule has 3 heterocycles. The first-order chi connectivity index (χ1) is 15.0. The van der Waals surface area contributed by atoms with Gasteiger partial charge in [-0.3, -0.25) is 4.57 Å². The number of alkyl halides is 3. The van der Waals surface area contributed by atoms with Gasteiger partial charge in [-0.1, -0.05) is 18.2 Å². The topological polar surface area (TPSA) is 45.5 Å². The standard InChI is InChI=1S/C22H17F3N2O3S/c23-22(24,25)16-5-2-1-4-14(16)11-30-15-8-21(31-12-15)27-13-26-17-9-19-20(10-18(17)27)29-7-3-6-28-19/h1-2,4-5,8-10,12-13H,3,6-7,11H2. The SMILES string of the molecule is FC(F)(F)c1ccccc1COc1csc(-n2cnc3cc4c(cc32)OCCCO4)c1. The second kappa shape index (κ2) is 7.81. The number of hydrogen-bond donors (Lipinski definition) is 0. The molecule has 0 atom stereocenters. The highest BCUT2D eigenvalue weighted by atomic mass is 32.1. The van der Waals surface area contributed by atoms with Crippen molar-refractivity contribution in [2.75, 3.05) is 13.2 Å². The number of halogens is 3. The first-order valence-electron chi connectivity index (χ1n) is 9.62. The summed E-state index contributed by atoms with van der Waals surface area (Å²) >= 11 is 1.41. The van der Waals surface area contributed by atoms with Crippen LogP contribution in [0.25, 0.3) is 16.0 Å². The molecule has 0 saturated heterocycles. The molecular weight excluding hydrogens is 429 g/mol. The lowest BCUT2D eigenvalue weighted by atomic mass is 10.1. The molecule has 1 aliphatic rings. The van der Waals surface area contributed by atoms with Crippen molar-refractivity contribution in [3.05, 3.63) is 65.3 Å². The van der Waals surface area contributed by atoms with Gasteiger partial charge in [0.1, 0.15) is 23.7 Å². The van der Waals surface area contributed by atoms with Crippen molar-refractivity contribution < 1.29 is 27.4 Å². The number of nitrogens with zero attached hydrogens (tertiary/aromatic N) is 2. The van der Waals surface area contributed by atoms with Crippen molar-refractivity contribution in [3.8, 4) is 22.2 Å². The Bertz CT molecular complexity index is 1230.